The summed E-state index contributed by atoms with van der Waals surface area (Å²) < 4.78 is 21.5. The lowest BCUT2D eigenvalue weighted by atomic mass is 10.3. The molecular formula is C25H44N4O9S. The summed E-state index contributed by atoms with van der Waals surface area (Å²) in [6.07, 6.45) is 2.00. The van der Waals surface area contributed by atoms with E-state index < -0.39 is 5.25 Å². The minimum Gasteiger partial charge on any atom is -0.379 e. The van der Waals surface area contributed by atoms with Crippen molar-refractivity contribution in [3.05, 3.63) is 0 Å². The second kappa shape index (κ2) is 22.5. The Hall–Kier alpha value is -2.26. The fourth-order valence-electron chi connectivity index (χ4n) is 3.29. The Morgan fingerprint density at radius 2 is 1.49 bits per heavy atom. The van der Waals surface area contributed by atoms with Gasteiger partial charge >= 0.3 is 0 Å². The second-order valence-corrected chi connectivity index (χ2v) is 9.98. The summed E-state index contributed by atoms with van der Waals surface area (Å²) in [4.78, 5) is 59.6. The Kier molecular flexibility index (Phi) is 20.1. The number of likely N-dealkylation sites (tertiary alicyclic amines) is 1. The van der Waals surface area contributed by atoms with Crippen LogP contribution in [0.3, 0.4) is 0 Å². The summed E-state index contributed by atoms with van der Waals surface area (Å²) in [7, 11) is 0. The monoisotopic (exact) mass is 576 g/mol. The molecule has 2 atom stereocenters. The smallest absolute Gasteiger partial charge is 0.242 e. The van der Waals surface area contributed by atoms with E-state index in [1.807, 2.05) is 13.8 Å². The van der Waals surface area contributed by atoms with E-state index in [0.717, 1.165) is 11.3 Å². The Morgan fingerprint density at radius 3 is 2.10 bits per heavy atom. The second-order valence-electron chi connectivity index (χ2n) is 8.74. The van der Waals surface area contributed by atoms with Gasteiger partial charge in [-0.05, 0) is 13.3 Å². The molecule has 14 heteroatoms. The third-order valence-corrected chi connectivity index (χ3v) is 6.86. The van der Waals surface area contributed by atoms with Crippen molar-refractivity contribution in [1.29, 1.82) is 0 Å². The van der Waals surface area contributed by atoms with Crippen LogP contribution in [-0.4, -0.2) is 124 Å². The highest BCUT2D eigenvalue weighted by Gasteiger charge is 2.38. The van der Waals surface area contributed by atoms with Crippen LogP contribution in [0.25, 0.3) is 0 Å². The van der Waals surface area contributed by atoms with Gasteiger partial charge in [0.05, 0.1) is 58.1 Å². The maximum Gasteiger partial charge on any atom is 0.242 e. The van der Waals surface area contributed by atoms with Gasteiger partial charge in [0.25, 0.3) is 0 Å². The first-order chi connectivity index (χ1) is 18.9. The molecule has 5 amide bonds. The van der Waals surface area contributed by atoms with Gasteiger partial charge in [-0.3, -0.25) is 28.9 Å². The van der Waals surface area contributed by atoms with Crippen LogP contribution >= 0.6 is 11.8 Å². The van der Waals surface area contributed by atoms with E-state index in [1.54, 1.807) is 0 Å². The van der Waals surface area contributed by atoms with Crippen LogP contribution in [-0.2, 0) is 42.9 Å². The van der Waals surface area contributed by atoms with Crippen molar-refractivity contribution >= 4 is 41.8 Å². The van der Waals surface area contributed by atoms with E-state index in [-0.39, 0.29) is 49.1 Å². The number of rotatable bonds is 25. The van der Waals surface area contributed by atoms with Crippen LogP contribution in [0.1, 0.15) is 39.5 Å². The molecule has 1 saturated heterocycles. The van der Waals surface area contributed by atoms with E-state index in [4.69, 9.17) is 18.9 Å². The number of nitrogens with zero attached hydrogens (tertiary/aromatic N) is 1. The van der Waals surface area contributed by atoms with E-state index in [0.29, 0.717) is 84.5 Å². The van der Waals surface area contributed by atoms with Crippen LogP contribution in [0.4, 0.5) is 0 Å². The zero-order chi connectivity index (χ0) is 28.7. The molecule has 0 aromatic carbocycles. The minimum absolute atomic E-state index is 0.00937. The van der Waals surface area contributed by atoms with Gasteiger partial charge in [0.1, 0.15) is 0 Å². The molecule has 2 unspecified atom stereocenters. The number of thioether (sulfide) groups is 1. The van der Waals surface area contributed by atoms with Crippen LogP contribution in [0, 0.1) is 0 Å². The maximum absolute atomic E-state index is 12.4. The number of nitrogens with one attached hydrogen (secondary N) is 3. The number of carbonyl (C=O) groups is 5. The molecule has 1 aliphatic heterocycles. The molecule has 0 aromatic heterocycles. The predicted molar refractivity (Wildman–Crippen MR) is 145 cm³/mol. The van der Waals surface area contributed by atoms with Gasteiger partial charge in [-0.25, -0.2) is 0 Å². The topological polar surface area (TPSA) is 162 Å². The normalized spacial score (nSPS) is 15.8. The molecule has 1 aliphatic rings. The van der Waals surface area contributed by atoms with Gasteiger partial charge < -0.3 is 34.9 Å². The van der Waals surface area contributed by atoms with Crippen LogP contribution < -0.4 is 16.0 Å². The molecule has 224 valence electrons. The van der Waals surface area contributed by atoms with Gasteiger partial charge in [0, 0.05) is 50.7 Å². The molecule has 13 nitrogen and oxygen atoms in total. The third-order valence-electron chi connectivity index (χ3n) is 5.40. The Morgan fingerprint density at radius 1 is 0.923 bits per heavy atom. The van der Waals surface area contributed by atoms with Crippen molar-refractivity contribution < 1.29 is 42.9 Å². The molecule has 3 N–H and O–H groups in total. The highest BCUT2D eigenvalue weighted by Crippen LogP contribution is 2.25. The van der Waals surface area contributed by atoms with Gasteiger partial charge in [0.15, 0.2) is 0 Å². The average Bonchev–Trinajstić information content (AvgIpc) is 3.19. The van der Waals surface area contributed by atoms with Crippen LogP contribution in [0.15, 0.2) is 0 Å². The molecule has 0 bridgehead atoms. The summed E-state index contributed by atoms with van der Waals surface area (Å²) in [5.41, 5.74) is 0. The van der Waals surface area contributed by atoms with Crippen molar-refractivity contribution in [2.75, 3.05) is 78.2 Å². The molecule has 1 rings (SSSR count). The molecule has 39 heavy (non-hydrogen) atoms. The lowest BCUT2D eigenvalue weighted by molar-refractivity contribution is -0.138. The maximum atomic E-state index is 12.4. The highest BCUT2D eigenvalue weighted by molar-refractivity contribution is 8.00. The fourth-order valence-corrected chi connectivity index (χ4v) is 4.43. The third kappa shape index (κ3) is 17.1. The van der Waals surface area contributed by atoms with Crippen molar-refractivity contribution in [2.24, 2.45) is 0 Å². The zero-order valence-corrected chi connectivity index (χ0v) is 23.9. The van der Waals surface area contributed by atoms with E-state index >= 15 is 0 Å². The first-order valence-corrected chi connectivity index (χ1v) is 14.4. The molecule has 1 heterocycles. The molecular weight excluding hydrogens is 532 g/mol. The quantitative estimate of drug-likeness (QED) is 0.0732. The summed E-state index contributed by atoms with van der Waals surface area (Å²) in [5, 5.41) is 7.61. The lowest BCUT2D eigenvalue weighted by Crippen LogP contribution is -2.36. The average molecular weight is 577 g/mol. The molecule has 0 spiro atoms. The van der Waals surface area contributed by atoms with Gasteiger partial charge in [0.2, 0.25) is 30.0 Å². The summed E-state index contributed by atoms with van der Waals surface area (Å²) in [5.74, 6) is -0.331. The molecule has 0 aromatic rings. The Bertz CT molecular complexity index is 744. The zero-order valence-electron chi connectivity index (χ0n) is 23.1. The van der Waals surface area contributed by atoms with Crippen molar-refractivity contribution in [1.82, 2.24) is 20.9 Å². The summed E-state index contributed by atoms with van der Waals surface area (Å²) in [6, 6.07) is -0.100. The SMILES string of the molecule is CCCNC(=O)CCOCCOCCOCCOCCNC(=O)CCN1C(=O)CC(SCC(C)NC=O)C1=O. The molecule has 0 aliphatic carbocycles. The molecule has 1 fully saturated rings. The number of amides is 5. The largest absolute Gasteiger partial charge is 0.379 e. The van der Waals surface area contributed by atoms with Gasteiger partial charge in [-0.2, -0.15) is 0 Å². The predicted octanol–water partition coefficient (Wildman–Crippen LogP) is -0.529. The number of ether oxygens (including phenoxy) is 4. The number of hydrogen-bond donors (Lipinski definition) is 3. The Labute approximate surface area is 234 Å². The highest BCUT2D eigenvalue weighted by atomic mass is 32.2. The van der Waals surface area contributed by atoms with Gasteiger partial charge in [-0.1, -0.05) is 6.92 Å². The minimum atomic E-state index is -0.478. The van der Waals surface area contributed by atoms with Crippen LogP contribution in [0.2, 0.25) is 0 Å². The van der Waals surface area contributed by atoms with E-state index in [1.165, 1.54) is 11.8 Å². The lowest BCUT2D eigenvalue weighted by Gasteiger charge is -2.15. The van der Waals surface area contributed by atoms with Crippen molar-refractivity contribution in [3.63, 3.8) is 0 Å². The van der Waals surface area contributed by atoms with Crippen molar-refractivity contribution in [3.8, 4) is 0 Å². The van der Waals surface area contributed by atoms with Crippen LogP contribution in [0.5, 0.6) is 0 Å². The van der Waals surface area contributed by atoms with E-state index in [9.17, 15) is 24.0 Å². The fraction of sp³-hybridized carbons (Fsp3) is 0.800. The van der Waals surface area contributed by atoms with Crippen molar-refractivity contribution in [2.45, 2.75) is 50.8 Å². The number of imide groups is 1. The summed E-state index contributed by atoms with van der Waals surface area (Å²) >= 11 is 1.33. The van der Waals surface area contributed by atoms with E-state index in [2.05, 4.69) is 16.0 Å². The molecule has 0 radical (unpaired) electrons. The Balaban J connectivity index is 1.92. The summed E-state index contributed by atoms with van der Waals surface area (Å²) in [6.45, 7) is 7.98. The van der Waals surface area contributed by atoms with Gasteiger partial charge in [-0.15, -0.1) is 11.8 Å². The number of hydrogen-bond acceptors (Lipinski definition) is 10. The first-order valence-electron chi connectivity index (χ1n) is 13.4. The standard InChI is InChI=1S/C25H44N4O9S/c1-3-6-26-23(32)5-9-35-11-13-37-15-16-38-14-12-36-10-7-27-22(31)4-8-29-24(33)17-21(25(29)34)39-18-20(2)28-19-30/h19-21H,3-18H2,1-2H3,(H,26,32)(H,27,31)(H,28,30). The molecule has 0 saturated carbocycles. The number of carbonyl (C=O) groups excluding carboxylic acids is 5. The first kappa shape index (κ1) is 34.8.